The Hall–Kier alpha value is -1.06. The van der Waals surface area contributed by atoms with Crippen LogP contribution in [0.5, 0.6) is 0 Å². The molecule has 0 saturated carbocycles. The van der Waals surface area contributed by atoms with Gasteiger partial charge >= 0.3 is 0 Å². The van der Waals surface area contributed by atoms with Gasteiger partial charge in [-0.3, -0.25) is 9.59 Å². The molecule has 0 bridgehead atoms. The lowest BCUT2D eigenvalue weighted by Gasteiger charge is -2.35. The van der Waals surface area contributed by atoms with E-state index in [1.807, 2.05) is 39.5 Å². The maximum Gasteiger partial charge on any atom is 0.245 e. The molecule has 0 aromatic rings. The van der Waals surface area contributed by atoms with Crippen LogP contribution in [-0.4, -0.2) is 35.3 Å². The van der Waals surface area contributed by atoms with Gasteiger partial charge in [-0.1, -0.05) is 41.5 Å². The summed E-state index contributed by atoms with van der Waals surface area (Å²) in [5.74, 6) is 0.430. The number of hydrogen-bond donors (Lipinski definition) is 1. The number of carbonyl (C=O) groups excluding carboxylic acids is 2. The minimum absolute atomic E-state index is 0.0572. The minimum atomic E-state index is -0.454. The van der Waals surface area contributed by atoms with Crippen molar-refractivity contribution in [3.63, 3.8) is 0 Å². The zero-order valence-corrected chi connectivity index (χ0v) is 14.0. The summed E-state index contributed by atoms with van der Waals surface area (Å²) in [7, 11) is 0. The van der Waals surface area contributed by atoms with Crippen LogP contribution >= 0.6 is 0 Å². The second-order valence-corrected chi connectivity index (χ2v) is 7.64. The predicted octanol–water partition coefficient (Wildman–Crippen LogP) is 2.43. The van der Waals surface area contributed by atoms with Crippen LogP contribution in [0.4, 0.5) is 0 Å². The van der Waals surface area contributed by atoms with Gasteiger partial charge in [-0.25, -0.2) is 0 Å². The lowest BCUT2D eigenvalue weighted by Crippen LogP contribution is -2.56. The molecule has 2 amide bonds. The standard InChI is InChI=1S/C16H30N2O2/c1-10(2)14(19)17-13(16(5,6)7)15(20)18-9-11(3)8-12(18)4/h10-13H,8-9H2,1-7H3,(H,17,19)/t11-,12?,13-/m1/s1. The summed E-state index contributed by atoms with van der Waals surface area (Å²) in [6, 6.07) is -0.191. The monoisotopic (exact) mass is 282 g/mol. The fourth-order valence-corrected chi connectivity index (χ4v) is 2.73. The van der Waals surface area contributed by atoms with Crippen molar-refractivity contribution in [2.45, 2.75) is 67.0 Å². The summed E-state index contributed by atoms with van der Waals surface area (Å²) in [5, 5.41) is 2.94. The molecule has 3 atom stereocenters. The van der Waals surface area contributed by atoms with Gasteiger partial charge in [-0.2, -0.15) is 0 Å². The van der Waals surface area contributed by atoms with E-state index in [9.17, 15) is 9.59 Å². The fraction of sp³-hybridized carbons (Fsp3) is 0.875. The van der Waals surface area contributed by atoms with Crippen molar-refractivity contribution in [2.24, 2.45) is 17.3 Å². The Morgan fingerprint density at radius 1 is 1.20 bits per heavy atom. The van der Waals surface area contributed by atoms with Crippen molar-refractivity contribution in [2.75, 3.05) is 6.54 Å². The summed E-state index contributed by atoms with van der Waals surface area (Å²) in [6.07, 6.45) is 1.04. The molecule has 1 saturated heterocycles. The van der Waals surface area contributed by atoms with Crippen LogP contribution in [-0.2, 0) is 9.59 Å². The largest absolute Gasteiger partial charge is 0.344 e. The van der Waals surface area contributed by atoms with E-state index in [0.717, 1.165) is 13.0 Å². The second kappa shape index (κ2) is 6.15. The molecule has 0 aliphatic carbocycles. The number of carbonyl (C=O) groups is 2. The van der Waals surface area contributed by atoms with E-state index in [1.54, 1.807) is 0 Å². The van der Waals surface area contributed by atoms with Gasteiger partial charge in [-0.05, 0) is 24.7 Å². The molecule has 20 heavy (non-hydrogen) atoms. The molecule has 4 nitrogen and oxygen atoms in total. The van der Waals surface area contributed by atoms with Gasteiger partial charge < -0.3 is 10.2 Å². The van der Waals surface area contributed by atoms with Gasteiger partial charge in [0.25, 0.3) is 0 Å². The van der Waals surface area contributed by atoms with Crippen LogP contribution in [0.15, 0.2) is 0 Å². The van der Waals surface area contributed by atoms with Gasteiger partial charge in [0, 0.05) is 18.5 Å². The molecule has 1 unspecified atom stereocenters. The van der Waals surface area contributed by atoms with Crippen molar-refractivity contribution in [3.8, 4) is 0 Å². The molecule has 0 spiro atoms. The van der Waals surface area contributed by atoms with Gasteiger partial charge in [0.2, 0.25) is 11.8 Å². The lowest BCUT2D eigenvalue weighted by atomic mass is 9.85. The van der Waals surface area contributed by atoms with Crippen molar-refractivity contribution in [1.29, 1.82) is 0 Å². The first-order chi connectivity index (χ1) is 9.04. The van der Waals surface area contributed by atoms with Crippen LogP contribution in [0.3, 0.4) is 0 Å². The highest BCUT2D eigenvalue weighted by atomic mass is 16.2. The van der Waals surface area contributed by atoms with Crippen LogP contribution in [0, 0.1) is 17.3 Å². The molecule has 0 radical (unpaired) electrons. The molecule has 1 rings (SSSR count). The van der Waals surface area contributed by atoms with Crippen molar-refractivity contribution < 1.29 is 9.59 Å². The molecule has 1 N–H and O–H groups in total. The number of rotatable bonds is 3. The third-order valence-electron chi connectivity index (χ3n) is 3.99. The molecule has 1 aliphatic rings. The maximum absolute atomic E-state index is 12.8. The summed E-state index contributed by atoms with van der Waals surface area (Å²) in [4.78, 5) is 26.7. The highest BCUT2D eigenvalue weighted by molar-refractivity contribution is 5.89. The zero-order valence-electron chi connectivity index (χ0n) is 14.0. The van der Waals surface area contributed by atoms with Crippen LogP contribution in [0.25, 0.3) is 0 Å². The Labute approximate surface area is 123 Å². The number of nitrogens with zero attached hydrogens (tertiary/aromatic N) is 1. The maximum atomic E-state index is 12.8. The number of amides is 2. The summed E-state index contributed by atoms with van der Waals surface area (Å²) in [5.41, 5.74) is -0.285. The molecule has 4 heteroatoms. The van der Waals surface area contributed by atoms with E-state index in [2.05, 4.69) is 19.2 Å². The molecule has 1 heterocycles. The molecular formula is C16H30N2O2. The van der Waals surface area contributed by atoms with Gasteiger partial charge in [0.1, 0.15) is 6.04 Å². The van der Waals surface area contributed by atoms with Gasteiger partial charge in [0.05, 0.1) is 0 Å². The number of hydrogen-bond acceptors (Lipinski definition) is 2. The smallest absolute Gasteiger partial charge is 0.245 e. The molecular weight excluding hydrogens is 252 g/mol. The van der Waals surface area contributed by atoms with E-state index in [4.69, 9.17) is 0 Å². The third-order valence-corrected chi connectivity index (χ3v) is 3.99. The van der Waals surface area contributed by atoms with Crippen LogP contribution in [0.2, 0.25) is 0 Å². The Morgan fingerprint density at radius 3 is 2.10 bits per heavy atom. The summed E-state index contributed by atoms with van der Waals surface area (Å²) >= 11 is 0. The summed E-state index contributed by atoms with van der Waals surface area (Å²) in [6.45, 7) is 14.7. The Balaban J connectivity index is 2.89. The first-order valence-electron chi connectivity index (χ1n) is 7.65. The molecule has 116 valence electrons. The van der Waals surface area contributed by atoms with Crippen molar-refractivity contribution >= 4 is 11.8 Å². The van der Waals surface area contributed by atoms with Crippen molar-refractivity contribution in [3.05, 3.63) is 0 Å². The molecule has 0 aromatic carbocycles. The normalized spacial score (nSPS) is 24.9. The minimum Gasteiger partial charge on any atom is -0.344 e. The number of likely N-dealkylation sites (tertiary alicyclic amines) is 1. The Kier molecular flexibility index (Phi) is 5.22. The second-order valence-electron chi connectivity index (χ2n) is 7.64. The average molecular weight is 282 g/mol. The molecule has 1 aliphatic heterocycles. The first kappa shape index (κ1) is 17.0. The van der Waals surface area contributed by atoms with E-state index < -0.39 is 6.04 Å². The quantitative estimate of drug-likeness (QED) is 0.864. The first-order valence-corrected chi connectivity index (χ1v) is 7.65. The fourth-order valence-electron chi connectivity index (χ4n) is 2.73. The van der Waals surface area contributed by atoms with E-state index in [1.165, 1.54) is 0 Å². The topological polar surface area (TPSA) is 49.4 Å². The summed E-state index contributed by atoms with van der Waals surface area (Å²) < 4.78 is 0. The third kappa shape index (κ3) is 3.97. The highest BCUT2D eigenvalue weighted by Gasteiger charge is 2.40. The molecule has 1 fully saturated rings. The zero-order chi connectivity index (χ0) is 15.7. The molecule has 0 aromatic heterocycles. The van der Waals surface area contributed by atoms with Crippen LogP contribution in [0.1, 0.15) is 54.9 Å². The Morgan fingerprint density at radius 2 is 1.75 bits per heavy atom. The van der Waals surface area contributed by atoms with Gasteiger partial charge in [0.15, 0.2) is 0 Å². The Bertz CT molecular complexity index is 371. The van der Waals surface area contributed by atoms with Gasteiger partial charge in [-0.15, -0.1) is 0 Å². The van der Waals surface area contributed by atoms with E-state index >= 15 is 0 Å². The van der Waals surface area contributed by atoms with Crippen LogP contribution < -0.4 is 5.32 Å². The SMILES string of the molecule is CC(C)C(=O)N[C@H](C(=O)N1C[C@H](C)CC1C)C(C)(C)C. The van der Waals surface area contributed by atoms with E-state index in [0.29, 0.717) is 5.92 Å². The lowest BCUT2D eigenvalue weighted by molar-refractivity contribution is -0.140. The van der Waals surface area contributed by atoms with Crippen molar-refractivity contribution in [1.82, 2.24) is 10.2 Å². The highest BCUT2D eigenvalue weighted by Crippen LogP contribution is 2.27. The number of nitrogens with one attached hydrogen (secondary N) is 1. The average Bonchev–Trinajstić information content (AvgIpc) is 2.62. The van der Waals surface area contributed by atoms with E-state index in [-0.39, 0.29) is 29.2 Å². The predicted molar refractivity (Wildman–Crippen MR) is 81.2 cm³/mol.